The van der Waals surface area contributed by atoms with Crippen LogP contribution in [0.15, 0.2) is 18.3 Å². The molecule has 1 N–H and O–H groups in total. The molecule has 1 atom stereocenters. The molecule has 7 nitrogen and oxygen atoms in total. The first-order valence-corrected chi connectivity index (χ1v) is 8.87. The standard InChI is InChI=1S/C18H28N4O3/c1-18(2)13-22(7-6-15(18)24-3)17(23)20-16-5-4-14(12-19-16)21-8-10-25-11-9-21/h4-5,12,15H,6-11,13H2,1-3H3,(H,19,20,23). The summed E-state index contributed by atoms with van der Waals surface area (Å²) in [7, 11) is 1.74. The van der Waals surface area contributed by atoms with E-state index in [-0.39, 0.29) is 17.6 Å². The number of morpholine rings is 1. The monoisotopic (exact) mass is 348 g/mol. The summed E-state index contributed by atoms with van der Waals surface area (Å²) >= 11 is 0. The number of ether oxygens (including phenoxy) is 2. The molecule has 2 saturated heterocycles. The number of pyridine rings is 1. The van der Waals surface area contributed by atoms with Gasteiger partial charge in [-0.15, -0.1) is 0 Å². The van der Waals surface area contributed by atoms with Gasteiger partial charge in [-0.25, -0.2) is 9.78 Å². The fourth-order valence-corrected chi connectivity index (χ4v) is 3.60. The zero-order chi connectivity index (χ0) is 17.9. The number of likely N-dealkylation sites (tertiary alicyclic amines) is 1. The molecule has 2 amide bonds. The molecule has 2 fully saturated rings. The van der Waals surface area contributed by atoms with Gasteiger partial charge in [-0.05, 0) is 18.6 Å². The maximum absolute atomic E-state index is 12.5. The second-order valence-electron chi connectivity index (χ2n) is 7.35. The summed E-state index contributed by atoms with van der Waals surface area (Å²) in [6.07, 6.45) is 2.84. The summed E-state index contributed by atoms with van der Waals surface area (Å²) in [6, 6.07) is 3.75. The van der Waals surface area contributed by atoms with Crippen molar-refractivity contribution < 1.29 is 14.3 Å². The Bertz CT molecular complexity index is 584. The van der Waals surface area contributed by atoms with Crippen LogP contribution < -0.4 is 10.2 Å². The lowest BCUT2D eigenvalue weighted by molar-refractivity contribution is -0.0394. The second-order valence-corrected chi connectivity index (χ2v) is 7.35. The Morgan fingerprint density at radius 2 is 2.08 bits per heavy atom. The number of anilines is 2. The summed E-state index contributed by atoms with van der Waals surface area (Å²) in [4.78, 5) is 21.0. The predicted molar refractivity (Wildman–Crippen MR) is 97.1 cm³/mol. The molecule has 0 aromatic carbocycles. The van der Waals surface area contributed by atoms with Gasteiger partial charge in [0.2, 0.25) is 0 Å². The lowest BCUT2D eigenvalue weighted by Gasteiger charge is -2.43. The van der Waals surface area contributed by atoms with Crippen LogP contribution in [-0.4, -0.2) is 68.5 Å². The molecule has 1 aromatic rings. The number of carbonyl (C=O) groups is 1. The van der Waals surface area contributed by atoms with E-state index in [1.165, 1.54) is 0 Å². The molecule has 0 bridgehead atoms. The molecule has 3 heterocycles. The van der Waals surface area contributed by atoms with E-state index in [0.29, 0.717) is 18.9 Å². The number of carbonyl (C=O) groups excluding carboxylic acids is 1. The van der Waals surface area contributed by atoms with Gasteiger partial charge in [0.1, 0.15) is 5.82 Å². The average molecular weight is 348 g/mol. The molecule has 0 saturated carbocycles. The molecular weight excluding hydrogens is 320 g/mol. The van der Waals surface area contributed by atoms with E-state index in [4.69, 9.17) is 9.47 Å². The predicted octanol–water partition coefficient (Wildman–Crippen LogP) is 2.20. The molecule has 2 aliphatic rings. The van der Waals surface area contributed by atoms with Gasteiger partial charge >= 0.3 is 6.03 Å². The number of hydrogen-bond donors (Lipinski definition) is 1. The Morgan fingerprint density at radius 3 is 2.68 bits per heavy atom. The molecule has 25 heavy (non-hydrogen) atoms. The van der Waals surface area contributed by atoms with Crippen molar-refractivity contribution in [2.75, 3.05) is 56.7 Å². The van der Waals surface area contributed by atoms with Crippen molar-refractivity contribution in [1.82, 2.24) is 9.88 Å². The minimum absolute atomic E-state index is 0.0576. The molecule has 2 aliphatic heterocycles. The van der Waals surface area contributed by atoms with Crippen molar-refractivity contribution in [3.8, 4) is 0 Å². The maximum atomic E-state index is 12.5. The first-order chi connectivity index (χ1) is 12.0. The van der Waals surface area contributed by atoms with Gasteiger partial charge in [0, 0.05) is 38.7 Å². The van der Waals surface area contributed by atoms with E-state index in [1.807, 2.05) is 23.2 Å². The Labute approximate surface area is 149 Å². The van der Waals surface area contributed by atoms with Gasteiger partial charge in [-0.3, -0.25) is 5.32 Å². The van der Waals surface area contributed by atoms with E-state index in [1.54, 1.807) is 7.11 Å². The van der Waals surface area contributed by atoms with E-state index < -0.39 is 0 Å². The molecule has 1 aromatic heterocycles. The fraction of sp³-hybridized carbons (Fsp3) is 0.667. The Hall–Kier alpha value is -1.86. The molecule has 0 radical (unpaired) electrons. The zero-order valence-electron chi connectivity index (χ0n) is 15.3. The van der Waals surface area contributed by atoms with E-state index in [0.717, 1.165) is 38.4 Å². The quantitative estimate of drug-likeness (QED) is 0.907. The molecule has 1 unspecified atom stereocenters. The van der Waals surface area contributed by atoms with Gasteiger partial charge in [-0.1, -0.05) is 13.8 Å². The van der Waals surface area contributed by atoms with Crippen molar-refractivity contribution >= 4 is 17.5 Å². The zero-order valence-corrected chi connectivity index (χ0v) is 15.3. The number of amides is 2. The Morgan fingerprint density at radius 1 is 1.32 bits per heavy atom. The normalized spacial score (nSPS) is 23.4. The highest BCUT2D eigenvalue weighted by molar-refractivity contribution is 5.88. The third-order valence-electron chi connectivity index (χ3n) is 5.06. The molecule has 0 aliphatic carbocycles. The number of methoxy groups -OCH3 is 1. The molecule has 0 spiro atoms. The van der Waals surface area contributed by atoms with Crippen molar-refractivity contribution in [3.63, 3.8) is 0 Å². The van der Waals surface area contributed by atoms with Crippen LogP contribution in [0.25, 0.3) is 0 Å². The Balaban J connectivity index is 1.57. The first-order valence-electron chi connectivity index (χ1n) is 8.87. The number of aromatic nitrogens is 1. The van der Waals surface area contributed by atoms with Crippen molar-refractivity contribution in [2.24, 2.45) is 5.41 Å². The first kappa shape index (κ1) is 17.9. The van der Waals surface area contributed by atoms with Crippen LogP contribution in [-0.2, 0) is 9.47 Å². The van der Waals surface area contributed by atoms with E-state index >= 15 is 0 Å². The van der Waals surface area contributed by atoms with Gasteiger partial charge < -0.3 is 19.3 Å². The lowest BCUT2D eigenvalue weighted by atomic mass is 9.81. The summed E-state index contributed by atoms with van der Waals surface area (Å²) < 4.78 is 10.9. The third-order valence-corrected chi connectivity index (χ3v) is 5.06. The number of piperidine rings is 1. The van der Waals surface area contributed by atoms with Crippen LogP contribution in [0.1, 0.15) is 20.3 Å². The minimum Gasteiger partial charge on any atom is -0.381 e. The average Bonchev–Trinajstić information content (AvgIpc) is 2.62. The molecule has 7 heteroatoms. The van der Waals surface area contributed by atoms with E-state index in [9.17, 15) is 4.79 Å². The maximum Gasteiger partial charge on any atom is 0.323 e. The highest BCUT2D eigenvalue weighted by atomic mass is 16.5. The largest absolute Gasteiger partial charge is 0.381 e. The van der Waals surface area contributed by atoms with Gasteiger partial charge in [-0.2, -0.15) is 0 Å². The van der Waals surface area contributed by atoms with E-state index in [2.05, 4.69) is 29.0 Å². The summed E-state index contributed by atoms with van der Waals surface area (Å²) in [5, 5.41) is 2.90. The topological polar surface area (TPSA) is 66.9 Å². The summed E-state index contributed by atoms with van der Waals surface area (Å²) in [5.41, 5.74) is 1.00. The third kappa shape index (κ3) is 4.22. The van der Waals surface area contributed by atoms with Crippen LogP contribution in [0.3, 0.4) is 0 Å². The van der Waals surface area contributed by atoms with Gasteiger partial charge in [0.05, 0.1) is 31.2 Å². The SMILES string of the molecule is COC1CCN(C(=O)Nc2ccc(N3CCOCC3)cn2)CC1(C)C. The van der Waals surface area contributed by atoms with Crippen molar-refractivity contribution in [1.29, 1.82) is 0 Å². The van der Waals surface area contributed by atoms with Crippen LogP contribution in [0.5, 0.6) is 0 Å². The second kappa shape index (κ2) is 7.58. The number of nitrogens with one attached hydrogen (secondary N) is 1. The van der Waals surface area contributed by atoms with Crippen molar-refractivity contribution in [2.45, 2.75) is 26.4 Å². The highest BCUT2D eigenvalue weighted by Gasteiger charge is 2.37. The van der Waals surface area contributed by atoms with Crippen molar-refractivity contribution in [3.05, 3.63) is 18.3 Å². The molecule has 138 valence electrons. The van der Waals surface area contributed by atoms with Crippen LogP contribution >= 0.6 is 0 Å². The number of nitrogens with zero attached hydrogens (tertiary/aromatic N) is 3. The summed E-state index contributed by atoms with van der Waals surface area (Å²) in [6.45, 7) is 8.86. The number of hydrogen-bond acceptors (Lipinski definition) is 5. The van der Waals surface area contributed by atoms with Gasteiger partial charge in [0.15, 0.2) is 0 Å². The van der Waals surface area contributed by atoms with Gasteiger partial charge in [0.25, 0.3) is 0 Å². The fourth-order valence-electron chi connectivity index (χ4n) is 3.60. The number of urea groups is 1. The lowest BCUT2D eigenvalue weighted by Crippen LogP contribution is -2.52. The molecular formula is C18H28N4O3. The molecule has 3 rings (SSSR count). The minimum atomic E-state index is -0.103. The van der Waals surface area contributed by atoms with Crippen LogP contribution in [0.4, 0.5) is 16.3 Å². The summed E-state index contributed by atoms with van der Waals surface area (Å²) in [5.74, 6) is 0.577. The Kier molecular flexibility index (Phi) is 5.44. The van der Waals surface area contributed by atoms with Crippen LogP contribution in [0.2, 0.25) is 0 Å². The number of rotatable bonds is 3. The van der Waals surface area contributed by atoms with Crippen LogP contribution in [0, 0.1) is 5.41 Å². The smallest absolute Gasteiger partial charge is 0.323 e. The highest BCUT2D eigenvalue weighted by Crippen LogP contribution is 2.31.